The maximum Gasteiger partial charge on any atom is 0.283 e. The zero-order valence-corrected chi connectivity index (χ0v) is 18.1. The SMILES string of the molecule is O=S(=O)(O)C(c1ccccc1O)(c1cc(Cl)cc(Cl)c1Cl)c1c(O)cccc1Cl. The molecule has 1 unspecified atom stereocenters. The number of halogens is 4. The van der Waals surface area contributed by atoms with Crippen LogP contribution in [0.25, 0.3) is 0 Å². The molecule has 3 rings (SSSR count). The van der Waals surface area contributed by atoms with E-state index >= 15 is 0 Å². The van der Waals surface area contributed by atoms with Crippen molar-refractivity contribution in [2.45, 2.75) is 4.75 Å². The first-order chi connectivity index (χ1) is 13.5. The topological polar surface area (TPSA) is 94.8 Å². The van der Waals surface area contributed by atoms with Crippen molar-refractivity contribution >= 4 is 56.5 Å². The molecule has 152 valence electrons. The summed E-state index contributed by atoms with van der Waals surface area (Å²) in [6.45, 7) is 0. The van der Waals surface area contributed by atoms with Gasteiger partial charge in [-0.15, -0.1) is 0 Å². The van der Waals surface area contributed by atoms with Crippen molar-refractivity contribution < 1.29 is 23.2 Å². The molecule has 29 heavy (non-hydrogen) atoms. The maximum atomic E-state index is 13.0. The third kappa shape index (κ3) is 3.54. The number of rotatable bonds is 4. The molecule has 3 aromatic carbocycles. The normalized spacial score (nSPS) is 13.8. The molecule has 0 spiro atoms. The van der Waals surface area contributed by atoms with Gasteiger partial charge in [0.15, 0.2) is 4.75 Å². The van der Waals surface area contributed by atoms with Crippen LogP contribution in [0.3, 0.4) is 0 Å². The molecule has 0 fully saturated rings. The van der Waals surface area contributed by atoms with Crippen LogP contribution in [0, 0.1) is 0 Å². The summed E-state index contributed by atoms with van der Waals surface area (Å²) in [6.07, 6.45) is 0. The van der Waals surface area contributed by atoms with Gasteiger partial charge in [-0.1, -0.05) is 70.7 Å². The zero-order chi connectivity index (χ0) is 21.6. The van der Waals surface area contributed by atoms with Crippen molar-refractivity contribution in [3.8, 4) is 11.5 Å². The molecule has 3 aromatic rings. The van der Waals surface area contributed by atoms with E-state index in [0.29, 0.717) is 0 Å². The quantitative estimate of drug-likeness (QED) is 0.239. The van der Waals surface area contributed by atoms with Crippen LogP contribution in [0.1, 0.15) is 16.7 Å². The molecule has 0 heterocycles. The van der Waals surface area contributed by atoms with E-state index < -0.39 is 31.9 Å². The minimum Gasteiger partial charge on any atom is -0.508 e. The largest absolute Gasteiger partial charge is 0.508 e. The standard InChI is InChI=1S/C19H12Cl4O5S/c20-10-8-12(18(23)14(22)9-10)19(29(26,27)28,11-4-1-2-6-15(11)24)17-13(21)5-3-7-16(17)25/h1-9,24-25H,(H,26,27,28). The van der Waals surface area contributed by atoms with E-state index in [-0.39, 0.29) is 31.2 Å². The van der Waals surface area contributed by atoms with Crippen LogP contribution in [0.2, 0.25) is 20.1 Å². The lowest BCUT2D eigenvalue weighted by Crippen LogP contribution is -2.39. The molecule has 0 aromatic heterocycles. The first-order valence-corrected chi connectivity index (χ1v) is 10.9. The second kappa shape index (κ2) is 7.87. The van der Waals surface area contributed by atoms with Crippen molar-refractivity contribution in [2.75, 3.05) is 0 Å². The van der Waals surface area contributed by atoms with E-state index in [1.165, 1.54) is 54.6 Å². The molecule has 0 radical (unpaired) electrons. The Morgan fingerprint density at radius 2 is 1.38 bits per heavy atom. The van der Waals surface area contributed by atoms with E-state index in [2.05, 4.69) is 0 Å². The number of hydrogen-bond acceptors (Lipinski definition) is 4. The second-order valence-electron chi connectivity index (χ2n) is 6.06. The summed E-state index contributed by atoms with van der Waals surface area (Å²) in [5, 5.41) is 20.5. The summed E-state index contributed by atoms with van der Waals surface area (Å²) in [7, 11) is -5.22. The fraction of sp³-hybridized carbons (Fsp3) is 0.0526. The van der Waals surface area contributed by atoms with E-state index in [0.717, 1.165) is 0 Å². The average Bonchev–Trinajstić information content (AvgIpc) is 2.61. The van der Waals surface area contributed by atoms with Crippen LogP contribution in [-0.4, -0.2) is 23.2 Å². The third-order valence-electron chi connectivity index (χ3n) is 4.39. The second-order valence-corrected chi connectivity index (χ2v) is 9.25. The smallest absolute Gasteiger partial charge is 0.283 e. The Hall–Kier alpha value is -1.67. The van der Waals surface area contributed by atoms with Gasteiger partial charge < -0.3 is 10.2 Å². The summed E-state index contributed by atoms with van der Waals surface area (Å²) >= 11 is 24.8. The van der Waals surface area contributed by atoms with E-state index in [1.807, 2.05) is 0 Å². The molecule has 0 aliphatic rings. The van der Waals surface area contributed by atoms with Gasteiger partial charge in [0.05, 0.1) is 10.0 Å². The van der Waals surface area contributed by atoms with Crippen LogP contribution in [0.4, 0.5) is 0 Å². The molecule has 0 saturated heterocycles. The van der Waals surface area contributed by atoms with Crippen molar-refractivity contribution in [2.24, 2.45) is 0 Å². The summed E-state index contributed by atoms with van der Waals surface area (Å²) in [4.78, 5) is 0. The lowest BCUT2D eigenvalue weighted by Gasteiger charge is -2.34. The molecular formula is C19H12Cl4O5S. The fourth-order valence-corrected chi connectivity index (χ4v) is 5.80. The molecule has 0 amide bonds. The zero-order valence-electron chi connectivity index (χ0n) is 14.3. The van der Waals surface area contributed by atoms with Gasteiger partial charge in [0, 0.05) is 26.7 Å². The van der Waals surface area contributed by atoms with Crippen LogP contribution in [-0.2, 0) is 14.9 Å². The number of phenols is 2. The number of aromatic hydroxyl groups is 2. The summed E-state index contributed by atoms with van der Waals surface area (Å²) in [5.74, 6) is -1.07. The molecule has 10 heteroatoms. The molecule has 0 saturated carbocycles. The highest BCUT2D eigenvalue weighted by Gasteiger charge is 2.54. The van der Waals surface area contributed by atoms with Gasteiger partial charge >= 0.3 is 0 Å². The Bertz CT molecular complexity index is 1190. The van der Waals surface area contributed by atoms with Gasteiger partial charge in [0.2, 0.25) is 0 Å². The minimum atomic E-state index is -5.22. The summed E-state index contributed by atoms with van der Waals surface area (Å²) in [6, 6.07) is 11.7. The van der Waals surface area contributed by atoms with Crippen LogP contribution in [0.5, 0.6) is 11.5 Å². The van der Waals surface area contributed by atoms with Gasteiger partial charge in [-0.25, -0.2) is 0 Å². The van der Waals surface area contributed by atoms with E-state index in [1.54, 1.807) is 0 Å². The van der Waals surface area contributed by atoms with Crippen LogP contribution >= 0.6 is 46.4 Å². The molecule has 3 N–H and O–H groups in total. The number of hydrogen-bond donors (Lipinski definition) is 3. The Kier molecular flexibility index (Phi) is 5.98. The van der Waals surface area contributed by atoms with Gasteiger partial charge in [-0.05, 0) is 30.3 Å². The average molecular weight is 494 g/mol. The van der Waals surface area contributed by atoms with Crippen molar-refractivity contribution in [1.82, 2.24) is 0 Å². The summed E-state index contributed by atoms with van der Waals surface area (Å²) < 4.78 is 33.9. The predicted molar refractivity (Wildman–Crippen MR) is 114 cm³/mol. The highest BCUT2D eigenvalue weighted by molar-refractivity contribution is 7.87. The van der Waals surface area contributed by atoms with E-state index in [9.17, 15) is 23.2 Å². The molecule has 0 aliphatic heterocycles. The van der Waals surface area contributed by atoms with Gasteiger partial charge in [-0.2, -0.15) is 8.42 Å². The lowest BCUT2D eigenvalue weighted by molar-refractivity contribution is 0.428. The maximum absolute atomic E-state index is 13.0. The molecule has 0 bridgehead atoms. The Labute approximate surface area is 186 Å². The number of benzene rings is 3. The van der Waals surface area contributed by atoms with Crippen molar-refractivity contribution in [3.63, 3.8) is 0 Å². The predicted octanol–water partition coefficient (Wildman–Crippen LogP) is 5.89. The van der Waals surface area contributed by atoms with Gasteiger partial charge in [-0.3, -0.25) is 4.55 Å². The highest BCUT2D eigenvalue weighted by atomic mass is 35.5. The lowest BCUT2D eigenvalue weighted by atomic mass is 9.82. The van der Waals surface area contributed by atoms with Crippen LogP contribution < -0.4 is 0 Å². The first-order valence-electron chi connectivity index (χ1n) is 7.90. The fourth-order valence-electron chi connectivity index (χ4n) is 3.27. The minimum absolute atomic E-state index is 0.00406. The van der Waals surface area contributed by atoms with Crippen molar-refractivity contribution in [3.05, 3.63) is 91.4 Å². The number of para-hydroxylation sites is 1. The molecule has 5 nitrogen and oxygen atoms in total. The monoisotopic (exact) mass is 492 g/mol. The van der Waals surface area contributed by atoms with Gasteiger partial charge in [0.25, 0.3) is 10.1 Å². The van der Waals surface area contributed by atoms with E-state index in [4.69, 9.17) is 46.4 Å². The Balaban J connectivity index is 2.71. The number of phenolic OH excluding ortho intramolecular Hbond substituents is 2. The third-order valence-corrected chi connectivity index (χ3v) is 7.14. The van der Waals surface area contributed by atoms with Crippen molar-refractivity contribution in [1.29, 1.82) is 0 Å². The van der Waals surface area contributed by atoms with Gasteiger partial charge in [0.1, 0.15) is 11.5 Å². The first kappa shape index (κ1) is 22.0. The molecular weight excluding hydrogens is 482 g/mol. The molecule has 1 atom stereocenters. The van der Waals surface area contributed by atoms with Crippen LogP contribution in [0.15, 0.2) is 54.6 Å². The molecule has 0 aliphatic carbocycles. The highest BCUT2D eigenvalue weighted by Crippen LogP contribution is 2.54. The Morgan fingerprint density at radius 1 is 0.759 bits per heavy atom. The Morgan fingerprint density at radius 3 is 1.97 bits per heavy atom. The summed E-state index contributed by atoms with van der Waals surface area (Å²) in [5.41, 5.74) is -1.04.